The number of amides is 3. The van der Waals surface area contributed by atoms with Gasteiger partial charge in [-0.05, 0) is 42.7 Å². The van der Waals surface area contributed by atoms with Gasteiger partial charge in [0.2, 0.25) is 5.91 Å². The number of hydrogen-bond donors (Lipinski definition) is 0. The van der Waals surface area contributed by atoms with Gasteiger partial charge in [0.05, 0.1) is 11.1 Å². The first-order valence-electron chi connectivity index (χ1n) is 8.60. The monoisotopic (exact) mass is 368 g/mol. The number of imide groups is 1. The first-order valence-corrected chi connectivity index (χ1v) is 8.98. The quantitative estimate of drug-likeness (QED) is 0.781. The van der Waals surface area contributed by atoms with E-state index in [0.717, 1.165) is 29.0 Å². The summed E-state index contributed by atoms with van der Waals surface area (Å²) in [5.41, 5.74) is 2.73. The Bertz CT molecular complexity index is 925. The fraction of sp³-hybridized carbons (Fsp3) is 0.250. The molecule has 26 heavy (non-hydrogen) atoms. The van der Waals surface area contributed by atoms with Gasteiger partial charge in [-0.3, -0.25) is 19.3 Å². The minimum Gasteiger partial charge on any atom is -0.312 e. The third-order valence-electron chi connectivity index (χ3n) is 4.89. The molecule has 2 heterocycles. The summed E-state index contributed by atoms with van der Waals surface area (Å²) in [5, 5.41) is 0.410. The van der Waals surface area contributed by atoms with E-state index in [2.05, 4.69) is 0 Å². The van der Waals surface area contributed by atoms with Crippen molar-refractivity contribution in [1.82, 2.24) is 4.90 Å². The number of carbonyl (C=O) groups is 3. The lowest BCUT2D eigenvalue weighted by Crippen LogP contribution is -2.39. The summed E-state index contributed by atoms with van der Waals surface area (Å²) in [7, 11) is 0. The molecule has 2 aliphatic rings. The molecule has 6 heteroatoms. The fourth-order valence-corrected chi connectivity index (χ4v) is 3.77. The number of aryl methyl sites for hydroxylation is 1. The van der Waals surface area contributed by atoms with Gasteiger partial charge in [0.15, 0.2) is 0 Å². The molecule has 0 N–H and O–H groups in total. The number of para-hydroxylation sites is 1. The minimum absolute atomic E-state index is 0.0709. The maximum absolute atomic E-state index is 12.7. The molecule has 0 fully saturated rings. The third kappa shape index (κ3) is 2.78. The van der Waals surface area contributed by atoms with Crippen LogP contribution in [0.3, 0.4) is 0 Å². The molecule has 0 spiro atoms. The van der Waals surface area contributed by atoms with Crippen LogP contribution in [-0.4, -0.2) is 35.7 Å². The smallest absolute Gasteiger partial charge is 0.261 e. The number of benzene rings is 2. The molecule has 5 nitrogen and oxygen atoms in total. The highest BCUT2D eigenvalue weighted by molar-refractivity contribution is 6.32. The van der Waals surface area contributed by atoms with Gasteiger partial charge in [-0.15, -0.1) is 0 Å². The molecule has 132 valence electrons. The lowest BCUT2D eigenvalue weighted by atomic mass is 10.0. The van der Waals surface area contributed by atoms with Crippen molar-refractivity contribution >= 4 is 35.0 Å². The van der Waals surface area contributed by atoms with Crippen LogP contribution in [0.4, 0.5) is 5.69 Å². The summed E-state index contributed by atoms with van der Waals surface area (Å²) in [6, 6.07) is 12.5. The molecule has 0 saturated heterocycles. The van der Waals surface area contributed by atoms with Gasteiger partial charge in [0.25, 0.3) is 11.8 Å². The Morgan fingerprint density at radius 1 is 1.04 bits per heavy atom. The number of hydrogen-bond acceptors (Lipinski definition) is 3. The Balaban J connectivity index is 1.48. The highest BCUT2D eigenvalue weighted by Gasteiger charge is 2.36. The zero-order valence-corrected chi connectivity index (χ0v) is 14.8. The van der Waals surface area contributed by atoms with E-state index in [4.69, 9.17) is 11.6 Å². The second kappa shape index (κ2) is 6.57. The number of nitrogens with zero attached hydrogens (tertiary/aromatic N) is 2. The first-order chi connectivity index (χ1) is 12.6. The number of rotatable bonds is 3. The largest absolute Gasteiger partial charge is 0.312 e. The molecule has 0 radical (unpaired) electrons. The molecule has 0 unspecified atom stereocenters. The van der Waals surface area contributed by atoms with Crippen molar-refractivity contribution in [2.45, 2.75) is 19.3 Å². The van der Waals surface area contributed by atoms with Crippen LogP contribution in [0.15, 0.2) is 42.5 Å². The Morgan fingerprint density at radius 2 is 1.81 bits per heavy atom. The average molecular weight is 369 g/mol. The third-order valence-corrected chi connectivity index (χ3v) is 5.13. The predicted molar refractivity (Wildman–Crippen MR) is 98.6 cm³/mol. The summed E-state index contributed by atoms with van der Waals surface area (Å²) in [6.07, 6.45) is 1.97. The van der Waals surface area contributed by atoms with E-state index in [9.17, 15) is 14.4 Å². The molecule has 2 aromatic rings. The highest BCUT2D eigenvalue weighted by Crippen LogP contribution is 2.28. The van der Waals surface area contributed by atoms with Gasteiger partial charge >= 0.3 is 0 Å². The van der Waals surface area contributed by atoms with E-state index >= 15 is 0 Å². The molecule has 3 amide bonds. The van der Waals surface area contributed by atoms with Gasteiger partial charge in [-0.25, -0.2) is 0 Å². The second-order valence-electron chi connectivity index (χ2n) is 6.48. The van der Waals surface area contributed by atoms with E-state index in [0.29, 0.717) is 22.7 Å². The SMILES string of the molecule is O=C1c2ccc(Cl)cc2C(=O)N1CCC(=O)N1CCCc2ccccc21. The van der Waals surface area contributed by atoms with Crippen molar-refractivity contribution in [2.24, 2.45) is 0 Å². The van der Waals surface area contributed by atoms with Crippen molar-refractivity contribution in [3.05, 3.63) is 64.2 Å². The standard InChI is InChI=1S/C20H17ClN2O3/c21-14-7-8-15-16(12-14)20(26)23(19(15)25)11-9-18(24)22-10-3-5-13-4-1-2-6-17(13)22/h1-2,4,6-8,12H,3,5,9-11H2. The Labute approximate surface area is 156 Å². The summed E-state index contributed by atoms with van der Waals surface area (Å²) in [4.78, 5) is 40.5. The molecule has 4 rings (SSSR count). The first kappa shape index (κ1) is 16.8. The van der Waals surface area contributed by atoms with Crippen molar-refractivity contribution in [3.8, 4) is 0 Å². The van der Waals surface area contributed by atoms with Crippen LogP contribution in [0.25, 0.3) is 0 Å². The van der Waals surface area contributed by atoms with Crippen LogP contribution in [0.5, 0.6) is 0 Å². The number of carbonyl (C=O) groups excluding carboxylic acids is 3. The molecule has 0 atom stereocenters. The number of fused-ring (bicyclic) bond motifs is 2. The Hall–Kier alpha value is -2.66. The molecule has 2 aliphatic heterocycles. The van der Waals surface area contributed by atoms with Crippen molar-refractivity contribution < 1.29 is 14.4 Å². The van der Waals surface area contributed by atoms with Gasteiger partial charge in [-0.1, -0.05) is 29.8 Å². The van der Waals surface area contributed by atoms with Gasteiger partial charge in [0.1, 0.15) is 0 Å². The average Bonchev–Trinajstić information content (AvgIpc) is 2.89. The van der Waals surface area contributed by atoms with E-state index in [1.807, 2.05) is 24.3 Å². The summed E-state index contributed by atoms with van der Waals surface area (Å²) in [5.74, 6) is -0.834. The molecule has 0 bridgehead atoms. The predicted octanol–water partition coefficient (Wildman–Crippen LogP) is 3.31. The topological polar surface area (TPSA) is 57.7 Å². The number of anilines is 1. The minimum atomic E-state index is -0.389. The zero-order chi connectivity index (χ0) is 18.3. The highest BCUT2D eigenvalue weighted by atomic mass is 35.5. The van der Waals surface area contributed by atoms with Crippen LogP contribution in [0.2, 0.25) is 5.02 Å². The molecular weight excluding hydrogens is 352 g/mol. The maximum Gasteiger partial charge on any atom is 0.261 e. The van der Waals surface area contributed by atoms with E-state index < -0.39 is 0 Å². The zero-order valence-electron chi connectivity index (χ0n) is 14.1. The van der Waals surface area contributed by atoms with E-state index in [1.165, 1.54) is 6.07 Å². The van der Waals surface area contributed by atoms with Crippen LogP contribution in [0.1, 0.15) is 39.1 Å². The molecule has 2 aromatic carbocycles. The Morgan fingerprint density at radius 3 is 2.65 bits per heavy atom. The van der Waals surface area contributed by atoms with Crippen LogP contribution in [-0.2, 0) is 11.2 Å². The lowest BCUT2D eigenvalue weighted by Gasteiger charge is -2.30. The van der Waals surface area contributed by atoms with Crippen molar-refractivity contribution in [1.29, 1.82) is 0 Å². The van der Waals surface area contributed by atoms with Crippen LogP contribution >= 0.6 is 11.6 Å². The lowest BCUT2D eigenvalue weighted by molar-refractivity contribution is -0.118. The second-order valence-corrected chi connectivity index (χ2v) is 6.92. The van der Waals surface area contributed by atoms with Crippen LogP contribution < -0.4 is 4.90 Å². The molecule has 0 aromatic heterocycles. The van der Waals surface area contributed by atoms with Gasteiger partial charge < -0.3 is 4.90 Å². The summed E-state index contributed by atoms with van der Waals surface area (Å²) >= 11 is 5.92. The van der Waals surface area contributed by atoms with Crippen molar-refractivity contribution in [3.63, 3.8) is 0 Å². The fourth-order valence-electron chi connectivity index (χ4n) is 3.60. The van der Waals surface area contributed by atoms with Gasteiger partial charge in [-0.2, -0.15) is 0 Å². The number of halogens is 1. The summed E-state index contributed by atoms with van der Waals surface area (Å²) < 4.78 is 0. The van der Waals surface area contributed by atoms with Crippen molar-refractivity contribution in [2.75, 3.05) is 18.0 Å². The maximum atomic E-state index is 12.7. The van der Waals surface area contributed by atoms with E-state index in [1.54, 1.807) is 17.0 Å². The Kier molecular flexibility index (Phi) is 4.24. The van der Waals surface area contributed by atoms with E-state index in [-0.39, 0.29) is 30.7 Å². The molecule has 0 aliphatic carbocycles. The molecular formula is C20H17ClN2O3. The van der Waals surface area contributed by atoms with Crippen LogP contribution in [0, 0.1) is 0 Å². The van der Waals surface area contributed by atoms with Gasteiger partial charge in [0, 0.05) is 30.2 Å². The molecule has 0 saturated carbocycles. The normalized spacial score (nSPS) is 15.9. The summed E-state index contributed by atoms with van der Waals surface area (Å²) in [6.45, 7) is 0.731.